The predicted molar refractivity (Wildman–Crippen MR) is 66.7 cm³/mol. The molecule has 0 amide bonds. The van der Waals surface area contributed by atoms with Crippen molar-refractivity contribution in [2.24, 2.45) is 5.73 Å². The molecule has 2 aromatic rings. The molecule has 2 rings (SSSR count). The first-order valence-electron chi connectivity index (χ1n) is 5.01. The number of nitrogens with two attached hydrogens (primary N) is 1. The van der Waals surface area contributed by atoms with E-state index in [1.54, 1.807) is 18.2 Å². The van der Waals surface area contributed by atoms with Crippen LogP contribution in [0.2, 0.25) is 5.02 Å². The van der Waals surface area contributed by atoms with E-state index >= 15 is 0 Å². The molecule has 0 aliphatic heterocycles. The van der Waals surface area contributed by atoms with Gasteiger partial charge in [-0.1, -0.05) is 23.7 Å². The topological polar surface area (TPSA) is 72.0 Å². The van der Waals surface area contributed by atoms with Crippen LogP contribution in [-0.4, -0.2) is 10.8 Å². The number of nitrogens with zero attached hydrogens (tertiary/aromatic N) is 1. The van der Waals surface area contributed by atoms with Crippen molar-refractivity contribution in [3.05, 3.63) is 52.9 Å². The number of benzene rings is 1. The van der Waals surface area contributed by atoms with Crippen molar-refractivity contribution in [1.82, 2.24) is 4.98 Å². The van der Waals surface area contributed by atoms with E-state index in [0.29, 0.717) is 0 Å². The molecule has 18 heavy (non-hydrogen) atoms. The third-order valence-electron chi connectivity index (χ3n) is 2.13. The minimum atomic E-state index is -0.658. The summed E-state index contributed by atoms with van der Waals surface area (Å²) in [4.78, 5) is 3.96. The van der Waals surface area contributed by atoms with Gasteiger partial charge in [0.05, 0.1) is 5.02 Å². The summed E-state index contributed by atoms with van der Waals surface area (Å²) in [7, 11) is 0. The lowest BCUT2D eigenvalue weighted by molar-refractivity contribution is 0.427. The number of hydrogen-bond acceptors (Lipinski definition) is 3. The van der Waals surface area contributed by atoms with Gasteiger partial charge in [-0.3, -0.25) is 5.41 Å². The molecule has 0 unspecified atom stereocenters. The predicted octanol–water partition coefficient (Wildman–Crippen LogP) is 2.95. The van der Waals surface area contributed by atoms with Gasteiger partial charge in [0, 0.05) is 6.07 Å². The lowest BCUT2D eigenvalue weighted by atomic mass is 10.3. The summed E-state index contributed by atoms with van der Waals surface area (Å²) in [6, 6.07) is 9.12. The zero-order valence-corrected chi connectivity index (χ0v) is 9.91. The molecule has 0 aliphatic rings. The number of aromatic nitrogens is 1. The van der Waals surface area contributed by atoms with Crippen LogP contribution in [0.25, 0.3) is 0 Å². The second-order valence-electron chi connectivity index (χ2n) is 3.43. The number of halogens is 2. The minimum absolute atomic E-state index is 0.0318. The maximum atomic E-state index is 13.6. The van der Waals surface area contributed by atoms with E-state index in [0.717, 1.165) is 0 Å². The maximum absolute atomic E-state index is 13.6. The van der Waals surface area contributed by atoms with E-state index in [1.807, 2.05) is 0 Å². The Labute approximate surface area is 108 Å². The first-order chi connectivity index (χ1) is 8.58. The van der Waals surface area contributed by atoms with Gasteiger partial charge in [-0.05, 0) is 18.2 Å². The van der Waals surface area contributed by atoms with Gasteiger partial charge in [-0.25, -0.2) is 9.37 Å². The van der Waals surface area contributed by atoms with Crippen molar-refractivity contribution < 1.29 is 9.13 Å². The number of pyridine rings is 1. The third kappa shape index (κ3) is 2.57. The SMILES string of the molecule is N=C(N)c1cccc(Oc2cccc(Cl)c2F)n1. The Balaban J connectivity index is 2.31. The molecule has 0 atom stereocenters. The Kier molecular flexibility index (Phi) is 3.43. The molecular weight excluding hydrogens is 257 g/mol. The average molecular weight is 266 g/mol. The molecule has 0 spiro atoms. The number of ether oxygens (including phenoxy) is 1. The molecular formula is C12H9ClFN3O. The molecule has 92 valence electrons. The second-order valence-corrected chi connectivity index (χ2v) is 3.84. The Hall–Kier alpha value is -2.14. The average Bonchev–Trinajstić information content (AvgIpc) is 2.35. The van der Waals surface area contributed by atoms with Crippen LogP contribution in [0.4, 0.5) is 4.39 Å². The summed E-state index contributed by atoms with van der Waals surface area (Å²) in [5.74, 6) is -0.735. The van der Waals surface area contributed by atoms with Crippen molar-refractivity contribution >= 4 is 17.4 Å². The third-order valence-corrected chi connectivity index (χ3v) is 2.42. The van der Waals surface area contributed by atoms with Crippen LogP contribution in [0.1, 0.15) is 5.69 Å². The Morgan fingerprint density at radius 2 is 2.00 bits per heavy atom. The summed E-state index contributed by atoms with van der Waals surface area (Å²) in [6.07, 6.45) is 0. The molecule has 0 fully saturated rings. The van der Waals surface area contributed by atoms with E-state index in [4.69, 9.17) is 27.5 Å². The fourth-order valence-corrected chi connectivity index (χ4v) is 1.46. The highest BCUT2D eigenvalue weighted by Crippen LogP contribution is 2.27. The van der Waals surface area contributed by atoms with E-state index in [-0.39, 0.29) is 28.2 Å². The van der Waals surface area contributed by atoms with Crippen LogP contribution in [0, 0.1) is 11.2 Å². The monoisotopic (exact) mass is 265 g/mol. The molecule has 1 aromatic heterocycles. The van der Waals surface area contributed by atoms with Crippen molar-refractivity contribution in [2.75, 3.05) is 0 Å². The number of nitrogens with one attached hydrogen (secondary N) is 1. The van der Waals surface area contributed by atoms with Gasteiger partial charge in [-0.15, -0.1) is 0 Å². The second kappa shape index (κ2) is 5.01. The van der Waals surface area contributed by atoms with Crippen LogP contribution in [0.15, 0.2) is 36.4 Å². The molecule has 0 saturated carbocycles. The smallest absolute Gasteiger partial charge is 0.220 e. The standard InChI is InChI=1S/C12H9ClFN3O/c13-7-3-1-5-9(11(7)14)18-10-6-2-4-8(17-10)12(15)16/h1-6H,(H3,15,16). The van der Waals surface area contributed by atoms with Crippen LogP contribution in [0.5, 0.6) is 11.6 Å². The van der Waals surface area contributed by atoms with Crippen molar-refractivity contribution in [3.63, 3.8) is 0 Å². The molecule has 3 N–H and O–H groups in total. The highest BCUT2D eigenvalue weighted by molar-refractivity contribution is 6.30. The van der Waals surface area contributed by atoms with Gasteiger partial charge in [0.25, 0.3) is 0 Å². The summed E-state index contributed by atoms with van der Waals surface area (Å²) >= 11 is 5.63. The molecule has 0 saturated heterocycles. The molecule has 0 radical (unpaired) electrons. The van der Waals surface area contributed by atoms with Gasteiger partial charge in [0.1, 0.15) is 11.5 Å². The van der Waals surface area contributed by atoms with Gasteiger partial charge in [0.15, 0.2) is 11.6 Å². The summed E-state index contributed by atoms with van der Waals surface area (Å²) in [5, 5.41) is 7.22. The number of rotatable bonds is 3. The molecule has 1 aromatic carbocycles. The first-order valence-corrected chi connectivity index (χ1v) is 5.39. The number of hydrogen-bond donors (Lipinski definition) is 2. The Morgan fingerprint density at radius 3 is 2.72 bits per heavy atom. The van der Waals surface area contributed by atoms with Crippen LogP contribution in [-0.2, 0) is 0 Å². The first kappa shape index (κ1) is 12.3. The summed E-state index contributed by atoms with van der Waals surface area (Å²) < 4.78 is 18.9. The molecule has 1 heterocycles. The van der Waals surface area contributed by atoms with Crippen LogP contribution in [0.3, 0.4) is 0 Å². The lowest BCUT2D eigenvalue weighted by Crippen LogP contribution is -2.13. The van der Waals surface area contributed by atoms with E-state index < -0.39 is 5.82 Å². The quantitative estimate of drug-likeness (QED) is 0.662. The van der Waals surface area contributed by atoms with Crippen LogP contribution < -0.4 is 10.5 Å². The van der Waals surface area contributed by atoms with E-state index in [2.05, 4.69) is 4.98 Å². The van der Waals surface area contributed by atoms with Crippen molar-refractivity contribution in [3.8, 4) is 11.6 Å². The van der Waals surface area contributed by atoms with Gasteiger partial charge < -0.3 is 10.5 Å². The van der Waals surface area contributed by atoms with Gasteiger partial charge in [0.2, 0.25) is 5.88 Å². The van der Waals surface area contributed by atoms with Gasteiger partial charge >= 0.3 is 0 Å². The normalized spacial score (nSPS) is 10.1. The zero-order chi connectivity index (χ0) is 13.1. The summed E-state index contributed by atoms with van der Waals surface area (Å²) in [5.41, 5.74) is 5.56. The highest BCUT2D eigenvalue weighted by atomic mass is 35.5. The van der Waals surface area contributed by atoms with E-state index in [1.165, 1.54) is 18.2 Å². The summed E-state index contributed by atoms with van der Waals surface area (Å²) in [6.45, 7) is 0. The molecule has 0 bridgehead atoms. The molecule has 4 nitrogen and oxygen atoms in total. The Morgan fingerprint density at radius 1 is 1.28 bits per heavy atom. The fraction of sp³-hybridized carbons (Fsp3) is 0. The maximum Gasteiger partial charge on any atom is 0.220 e. The highest BCUT2D eigenvalue weighted by Gasteiger charge is 2.09. The zero-order valence-electron chi connectivity index (χ0n) is 9.15. The fourth-order valence-electron chi connectivity index (χ4n) is 1.30. The Bertz CT molecular complexity index is 604. The molecule has 6 heteroatoms. The van der Waals surface area contributed by atoms with Gasteiger partial charge in [-0.2, -0.15) is 0 Å². The minimum Gasteiger partial charge on any atom is -0.436 e. The van der Waals surface area contributed by atoms with E-state index in [9.17, 15) is 4.39 Å². The largest absolute Gasteiger partial charge is 0.436 e. The van der Waals surface area contributed by atoms with Crippen LogP contribution >= 0.6 is 11.6 Å². The van der Waals surface area contributed by atoms with Crippen molar-refractivity contribution in [2.45, 2.75) is 0 Å². The van der Waals surface area contributed by atoms with Crippen molar-refractivity contribution in [1.29, 1.82) is 5.41 Å². The number of amidine groups is 1. The number of nitrogen functional groups attached to an aromatic ring is 1. The molecule has 0 aliphatic carbocycles. The lowest BCUT2D eigenvalue weighted by Gasteiger charge is -2.07.